The number of benzene rings is 2. The van der Waals surface area contributed by atoms with E-state index in [0.29, 0.717) is 18.6 Å². The number of sulfonamides is 1. The lowest BCUT2D eigenvalue weighted by atomic mass is 10.0. The van der Waals surface area contributed by atoms with Gasteiger partial charge in [0.2, 0.25) is 10.0 Å². The molecule has 0 spiro atoms. The number of unbranched alkanes of at least 4 members (excludes halogenated alkanes) is 2. The first-order chi connectivity index (χ1) is 13.5. The summed E-state index contributed by atoms with van der Waals surface area (Å²) in [6.07, 6.45) is 3.36. The summed E-state index contributed by atoms with van der Waals surface area (Å²) in [5.74, 6) is 0.379. The van der Waals surface area contributed by atoms with Crippen molar-refractivity contribution < 1.29 is 22.7 Å². The Morgan fingerprint density at radius 3 is 2.25 bits per heavy atom. The molecule has 0 saturated carbocycles. The Balaban J connectivity index is 2.05. The van der Waals surface area contributed by atoms with Gasteiger partial charge in [0.1, 0.15) is 5.75 Å². The van der Waals surface area contributed by atoms with Gasteiger partial charge in [-0.3, -0.25) is 4.79 Å². The van der Waals surface area contributed by atoms with E-state index in [-0.39, 0.29) is 16.9 Å². The fourth-order valence-electron chi connectivity index (χ4n) is 2.89. The molecule has 0 bridgehead atoms. The highest BCUT2D eigenvalue weighted by Gasteiger charge is 2.21. The molecular formula is C21H27NO5S. The number of carbonyl (C=O) groups is 1. The van der Waals surface area contributed by atoms with Crippen LogP contribution >= 0.6 is 0 Å². The number of ether oxygens (including phenoxy) is 2. The van der Waals surface area contributed by atoms with Crippen LogP contribution in [0.3, 0.4) is 0 Å². The molecule has 28 heavy (non-hydrogen) atoms. The molecule has 0 aliphatic carbocycles. The minimum Gasteiger partial charge on any atom is -0.497 e. The molecule has 0 fully saturated rings. The van der Waals surface area contributed by atoms with Crippen LogP contribution < -0.4 is 9.46 Å². The molecule has 0 heterocycles. The van der Waals surface area contributed by atoms with Crippen LogP contribution in [0.25, 0.3) is 0 Å². The molecular weight excluding hydrogens is 378 g/mol. The highest BCUT2D eigenvalue weighted by atomic mass is 32.2. The summed E-state index contributed by atoms with van der Waals surface area (Å²) < 4.78 is 38.2. The van der Waals surface area contributed by atoms with Crippen molar-refractivity contribution in [3.8, 4) is 5.75 Å². The molecule has 0 saturated heterocycles. The average molecular weight is 406 g/mol. The predicted molar refractivity (Wildman–Crippen MR) is 108 cm³/mol. The third kappa shape index (κ3) is 6.65. The van der Waals surface area contributed by atoms with Gasteiger partial charge in [0.05, 0.1) is 19.1 Å². The van der Waals surface area contributed by atoms with E-state index in [4.69, 9.17) is 4.74 Å². The second-order valence-corrected chi connectivity index (χ2v) is 8.15. The Kier molecular flexibility index (Phi) is 8.47. The Morgan fingerprint density at radius 1 is 0.964 bits per heavy atom. The van der Waals surface area contributed by atoms with E-state index >= 15 is 0 Å². The zero-order valence-electron chi connectivity index (χ0n) is 16.3. The smallest absolute Gasteiger partial charge is 0.305 e. The molecule has 1 N–H and O–H groups in total. The molecule has 2 aromatic rings. The summed E-state index contributed by atoms with van der Waals surface area (Å²) in [5, 5.41) is 0. The molecule has 2 aromatic carbocycles. The molecule has 6 nitrogen and oxygen atoms in total. The Hall–Kier alpha value is -2.38. The number of nitrogens with one attached hydrogen (secondary N) is 1. The van der Waals surface area contributed by atoms with Crippen molar-refractivity contribution in [1.29, 1.82) is 0 Å². The van der Waals surface area contributed by atoms with Crippen LogP contribution in [0.5, 0.6) is 5.75 Å². The largest absolute Gasteiger partial charge is 0.497 e. The lowest BCUT2D eigenvalue weighted by Crippen LogP contribution is -2.28. The van der Waals surface area contributed by atoms with Gasteiger partial charge < -0.3 is 9.47 Å². The minimum atomic E-state index is -3.67. The van der Waals surface area contributed by atoms with Crippen molar-refractivity contribution in [3.05, 3.63) is 60.2 Å². The Morgan fingerprint density at radius 2 is 1.64 bits per heavy atom. The van der Waals surface area contributed by atoms with Gasteiger partial charge in [-0.2, -0.15) is 0 Å². The molecule has 7 heteroatoms. The van der Waals surface area contributed by atoms with Gasteiger partial charge >= 0.3 is 5.97 Å². The molecule has 0 aliphatic rings. The van der Waals surface area contributed by atoms with Gasteiger partial charge in [-0.25, -0.2) is 13.1 Å². The zero-order chi connectivity index (χ0) is 20.4. The van der Waals surface area contributed by atoms with Crippen molar-refractivity contribution in [2.75, 3.05) is 14.2 Å². The van der Waals surface area contributed by atoms with Gasteiger partial charge in [-0.05, 0) is 42.7 Å². The van der Waals surface area contributed by atoms with E-state index in [0.717, 1.165) is 24.8 Å². The van der Waals surface area contributed by atoms with Crippen LogP contribution in [-0.4, -0.2) is 28.6 Å². The Bertz CT molecular complexity index is 835. The standard InChI is InChI=1S/C21H27NO5S/c1-26-18-13-15-19(16-14-18)28(24,25)22-20(17-9-5-3-6-10-17)11-7-4-8-12-21(23)27-2/h3,5-6,9-10,13-16,20,22H,4,7-8,11-12H2,1-2H3. The summed E-state index contributed by atoms with van der Waals surface area (Å²) in [6.45, 7) is 0. The van der Waals surface area contributed by atoms with Gasteiger partial charge in [0.25, 0.3) is 0 Å². The molecule has 0 radical (unpaired) electrons. The first-order valence-electron chi connectivity index (χ1n) is 9.24. The number of methoxy groups -OCH3 is 2. The van der Waals surface area contributed by atoms with Gasteiger partial charge in [-0.15, -0.1) is 0 Å². The summed E-state index contributed by atoms with van der Waals surface area (Å²) in [6, 6.07) is 15.5. The summed E-state index contributed by atoms with van der Waals surface area (Å²) in [4.78, 5) is 11.4. The maximum absolute atomic E-state index is 12.8. The van der Waals surface area contributed by atoms with Crippen molar-refractivity contribution in [1.82, 2.24) is 4.72 Å². The quantitative estimate of drug-likeness (QED) is 0.454. The van der Waals surface area contributed by atoms with Gasteiger partial charge in [0, 0.05) is 12.5 Å². The zero-order valence-corrected chi connectivity index (χ0v) is 17.1. The third-order valence-electron chi connectivity index (χ3n) is 4.47. The summed E-state index contributed by atoms with van der Waals surface area (Å²) in [7, 11) is -0.761. The topological polar surface area (TPSA) is 81.7 Å². The van der Waals surface area contributed by atoms with Crippen molar-refractivity contribution in [3.63, 3.8) is 0 Å². The summed E-state index contributed by atoms with van der Waals surface area (Å²) in [5.41, 5.74) is 0.910. The molecule has 152 valence electrons. The lowest BCUT2D eigenvalue weighted by molar-refractivity contribution is -0.140. The molecule has 0 aliphatic heterocycles. The predicted octanol–water partition coefficient (Wildman–Crippen LogP) is 3.84. The number of rotatable bonds is 11. The normalized spacial score (nSPS) is 12.4. The van der Waals surface area contributed by atoms with E-state index in [9.17, 15) is 13.2 Å². The van der Waals surface area contributed by atoms with Crippen LogP contribution in [0.1, 0.15) is 43.7 Å². The van der Waals surface area contributed by atoms with Crippen molar-refractivity contribution >= 4 is 16.0 Å². The fraction of sp³-hybridized carbons (Fsp3) is 0.381. The highest BCUT2D eigenvalue weighted by Crippen LogP contribution is 2.24. The maximum atomic E-state index is 12.8. The van der Waals surface area contributed by atoms with E-state index in [1.54, 1.807) is 12.1 Å². The summed E-state index contributed by atoms with van der Waals surface area (Å²) >= 11 is 0. The van der Waals surface area contributed by atoms with Crippen LogP contribution in [0, 0.1) is 0 Å². The number of hydrogen-bond donors (Lipinski definition) is 1. The van der Waals surface area contributed by atoms with E-state index < -0.39 is 10.0 Å². The van der Waals surface area contributed by atoms with Crippen molar-refractivity contribution in [2.24, 2.45) is 0 Å². The van der Waals surface area contributed by atoms with Crippen LogP contribution in [0.15, 0.2) is 59.5 Å². The van der Waals surface area contributed by atoms with Crippen LogP contribution in [0.4, 0.5) is 0 Å². The highest BCUT2D eigenvalue weighted by molar-refractivity contribution is 7.89. The SMILES string of the molecule is COC(=O)CCCCCC(NS(=O)(=O)c1ccc(OC)cc1)c1ccccc1. The molecule has 1 unspecified atom stereocenters. The van der Waals surface area contributed by atoms with Crippen molar-refractivity contribution in [2.45, 2.75) is 43.0 Å². The van der Waals surface area contributed by atoms with Gasteiger partial charge in [-0.1, -0.05) is 43.2 Å². The average Bonchev–Trinajstić information content (AvgIpc) is 2.73. The molecule has 2 rings (SSSR count). The van der Waals surface area contributed by atoms with Crippen LogP contribution in [-0.2, 0) is 19.6 Å². The van der Waals surface area contributed by atoms with Gasteiger partial charge in [0.15, 0.2) is 0 Å². The second-order valence-electron chi connectivity index (χ2n) is 6.44. The van der Waals surface area contributed by atoms with E-state index in [2.05, 4.69) is 9.46 Å². The number of hydrogen-bond acceptors (Lipinski definition) is 5. The monoisotopic (exact) mass is 405 g/mol. The van der Waals surface area contributed by atoms with Crippen LogP contribution in [0.2, 0.25) is 0 Å². The minimum absolute atomic E-state index is 0.194. The maximum Gasteiger partial charge on any atom is 0.305 e. The lowest BCUT2D eigenvalue weighted by Gasteiger charge is -2.19. The third-order valence-corrected chi connectivity index (χ3v) is 5.96. The molecule has 0 amide bonds. The molecule has 1 atom stereocenters. The van der Waals surface area contributed by atoms with E-state index in [1.165, 1.54) is 26.4 Å². The number of carbonyl (C=O) groups excluding carboxylic acids is 1. The molecule has 0 aromatic heterocycles. The first-order valence-corrected chi connectivity index (χ1v) is 10.7. The first kappa shape index (κ1) is 21.9. The van der Waals surface area contributed by atoms with E-state index in [1.807, 2.05) is 30.3 Å². The fourth-order valence-corrected chi connectivity index (χ4v) is 4.14. The second kappa shape index (κ2) is 10.8. The Labute approximate surface area is 166 Å². The number of esters is 1.